The van der Waals surface area contributed by atoms with Crippen molar-refractivity contribution in [2.45, 2.75) is 25.7 Å². The molecule has 0 spiro atoms. The van der Waals surface area contributed by atoms with Crippen molar-refractivity contribution in [1.82, 2.24) is 10.2 Å². The van der Waals surface area contributed by atoms with Crippen LogP contribution in [0.25, 0.3) is 0 Å². The number of unbranched alkanes of at least 4 members (excludes halogenated alkanes) is 1. The number of halogens is 2. The zero-order valence-corrected chi connectivity index (χ0v) is 13.2. The highest BCUT2D eigenvalue weighted by Crippen LogP contribution is 2.10. The normalized spacial score (nSPS) is 14.8. The lowest BCUT2D eigenvalue weighted by Gasteiger charge is -2.14. The molecular formula is C15H22Cl2N2O. The first-order valence-electron chi connectivity index (χ1n) is 7.02. The van der Waals surface area contributed by atoms with Crippen molar-refractivity contribution >= 4 is 29.9 Å². The van der Waals surface area contributed by atoms with Gasteiger partial charge in [-0.2, -0.15) is 0 Å². The minimum Gasteiger partial charge on any atom is -0.352 e. The molecule has 0 radical (unpaired) electrons. The van der Waals surface area contributed by atoms with E-state index in [0.29, 0.717) is 10.6 Å². The van der Waals surface area contributed by atoms with Crippen molar-refractivity contribution in [2.75, 3.05) is 26.2 Å². The fourth-order valence-electron chi connectivity index (χ4n) is 2.37. The Bertz CT molecular complexity index is 403. The molecule has 3 nitrogen and oxygen atoms in total. The maximum absolute atomic E-state index is 11.8. The van der Waals surface area contributed by atoms with Gasteiger partial charge in [-0.05, 0) is 69.6 Å². The van der Waals surface area contributed by atoms with E-state index in [9.17, 15) is 4.79 Å². The number of likely N-dealkylation sites (tertiary alicyclic amines) is 1. The Hall–Kier alpha value is -0.770. The molecule has 0 aromatic heterocycles. The van der Waals surface area contributed by atoms with E-state index in [1.54, 1.807) is 24.3 Å². The molecule has 0 bridgehead atoms. The van der Waals surface area contributed by atoms with Gasteiger partial charge in [0.2, 0.25) is 0 Å². The number of amides is 1. The van der Waals surface area contributed by atoms with Crippen molar-refractivity contribution in [3.05, 3.63) is 34.9 Å². The van der Waals surface area contributed by atoms with E-state index in [1.807, 2.05) is 0 Å². The van der Waals surface area contributed by atoms with Gasteiger partial charge in [0.05, 0.1) is 0 Å². The molecule has 0 atom stereocenters. The fraction of sp³-hybridized carbons (Fsp3) is 0.533. The standard InChI is InChI=1S/C15H21ClN2O.ClH/c16-14-7-5-13(6-8-14)15(19)17-9-1-2-10-18-11-3-4-12-18;/h5-8H,1-4,9-12H2,(H,17,19);1H. The molecule has 5 heteroatoms. The summed E-state index contributed by atoms with van der Waals surface area (Å²) in [6.07, 6.45) is 4.87. The summed E-state index contributed by atoms with van der Waals surface area (Å²) >= 11 is 5.79. The molecule has 1 aliphatic rings. The van der Waals surface area contributed by atoms with Gasteiger partial charge in [0, 0.05) is 17.1 Å². The second-order valence-electron chi connectivity index (χ2n) is 5.02. The van der Waals surface area contributed by atoms with E-state index in [2.05, 4.69) is 10.2 Å². The summed E-state index contributed by atoms with van der Waals surface area (Å²) in [4.78, 5) is 14.3. The number of hydrogen-bond acceptors (Lipinski definition) is 2. The maximum atomic E-state index is 11.8. The molecule has 1 aromatic carbocycles. The van der Waals surface area contributed by atoms with E-state index in [-0.39, 0.29) is 18.3 Å². The van der Waals surface area contributed by atoms with E-state index in [1.165, 1.54) is 25.9 Å². The molecule has 1 aliphatic heterocycles. The molecule has 0 unspecified atom stereocenters. The Morgan fingerprint density at radius 3 is 2.45 bits per heavy atom. The van der Waals surface area contributed by atoms with Crippen molar-refractivity contribution in [3.63, 3.8) is 0 Å². The summed E-state index contributed by atoms with van der Waals surface area (Å²) in [6, 6.07) is 6.98. The Balaban J connectivity index is 0.00000200. The van der Waals surface area contributed by atoms with Crippen LogP contribution < -0.4 is 5.32 Å². The van der Waals surface area contributed by atoms with E-state index < -0.39 is 0 Å². The molecule has 0 saturated carbocycles. The zero-order chi connectivity index (χ0) is 13.5. The first-order chi connectivity index (χ1) is 9.25. The van der Waals surface area contributed by atoms with Crippen LogP contribution in [0.15, 0.2) is 24.3 Å². The van der Waals surface area contributed by atoms with E-state index in [4.69, 9.17) is 11.6 Å². The van der Waals surface area contributed by atoms with Gasteiger partial charge in [-0.25, -0.2) is 0 Å². The smallest absolute Gasteiger partial charge is 0.251 e. The SMILES string of the molecule is Cl.O=C(NCCCCN1CCCC1)c1ccc(Cl)cc1. The Morgan fingerprint density at radius 1 is 1.15 bits per heavy atom. The molecule has 0 aliphatic carbocycles. The third kappa shape index (κ3) is 5.70. The van der Waals surface area contributed by atoms with Gasteiger partial charge >= 0.3 is 0 Å². The van der Waals surface area contributed by atoms with Gasteiger partial charge in [-0.15, -0.1) is 12.4 Å². The van der Waals surface area contributed by atoms with Crippen LogP contribution in [0, 0.1) is 0 Å². The third-order valence-electron chi connectivity index (χ3n) is 3.49. The van der Waals surface area contributed by atoms with Gasteiger partial charge in [-0.1, -0.05) is 11.6 Å². The lowest BCUT2D eigenvalue weighted by molar-refractivity contribution is 0.0952. The van der Waals surface area contributed by atoms with Crippen molar-refractivity contribution in [1.29, 1.82) is 0 Å². The Labute approximate surface area is 132 Å². The predicted molar refractivity (Wildman–Crippen MR) is 85.9 cm³/mol. The largest absolute Gasteiger partial charge is 0.352 e. The van der Waals surface area contributed by atoms with Crippen LogP contribution in [0.2, 0.25) is 5.02 Å². The molecule has 20 heavy (non-hydrogen) atoms. The summed E-state index contributed by atoms with van der Waals surface area (Å²) in [7, 11) is 0. The summed E-state index contributed by atoms with van der Waals surface area (Å²) in [5.41, 5.74) is 0.670. The average Bonchev–Trinajstić information content (AvgIpc) is 2.92. The average molecular weight is 317 g/mol. The number of benzene rings is 1. The highest BCUT2D eigenvalue weighted by atomic mass is 35.5. The van der Waals surface area contributed by atoms with Gasteiger partial charge < -0.3 is 10.2 Å². The number of carbonyl (C=O) groups is 1. The molecule has 1 aromatic rings. The van der Waals surface area contributed by atoms with Crippen LogP contribution in [0.4, 0.5) is 0 Å². The summed E-state index contributed by atoms with van der Waals surface area (Å²) in [6.45, 7) is 4.40. The first kappa shape index (κ1) is 17.3. The van der Waals surface area contributed by atoms with Gasteiger partial charge in [0.15, 0.2) is 0 Å². The quantitative estimate of drug-likeness (QED) is 0.816. The fourth-order valence-corrected chi connectivity index (χ4v) is 2.50. The topological polar surface area (TPSA) is 32.3 Å². The molecule has 1 heterocycles. The summed E-state index contributed by atoms with van der Waals surface area (Å²) in [5, 5.41) is 3.60. The number of rotatable bonds is 6. The number of carbonyl (C=O) groups excluding carboxylic acids is 1. The van der Waals surface area contributed by atoms with Crippen LogP contribution in [0.5, 0.6) is 0 Å². The number of nitrogens with zero attached hydrogens (tertiary/aromatic N) is 1. The number of hydrogen-bond donors (Lipinski definition) is 1. The third-order valence-corrected chi connectivity index (χ3v) is 3.74. The zero-order valence-electron chi connectivity index (χ0n) is 11.6. The maximum Gasteiger partial charge on any atom is 0.251 e. The second-order valence-corrected chi connectivity index (χ2v) is 5.46. The van der Waals surface area contributed by atoms with Crippen LogP contribution in [-0.2, 0) is 0 Å². The monoisotopic (exact) mass is 316 g/mol. The van der Waals surface area contributed by atoms with E-state index in [0.717, 1.165) is 25.9 Å². The van der Waals surface area contributed by atoms with Gasteiger partial charge in [0.25, 0.3) is 5.91 Å². The van der Waals surface area contributed by atoms with Crippen molar-refractivity contribution in [2.24, 2.45) is 0 Å². The van der Waals surface area contributed by atoms with Crippen LogP contribution in [-0.4, -0.2) is 37.0 Å². The highest BCUT2D eigenvalue weighted by Gasteiger charge is 2.10. The van der Waals surface area contributed by atoms with Gasteiger partial charge in [0.1, 0.15) is 0 Å². The molecule has 1 amide bonds. The van der Waals surface area contributed by atoms with E-state index >= 15 is 0 Å². The highest BCUT2D eigenvalue weighted by molar-refractivity contribution is 6.30. The first-order valence-corrected chi connectivity index (χ1v) is 7.39. The molecule has 1 fully saturated rings. The minimum absolute atomic E-state index is 0. The predicted octanol–water partition coefficient (Wildman–Crippen LogP) is 3.37. The van der Waals surface area contributed by atoms with Crippen molar-refractivity contribution < 1.29 is 4.79 Å². The molecule has 112 valence electrons. The van der Waals surface area contributed by atoms with Crippen LogP contribution in [0.1, 0.15) is 36.0 Å². The van der Waals surface area contributed by atoms with Crippen LogP contribution in [0.3, 0.4) is 0 Å². The molecule has 1 N–H and O–H groups in total. The molecular weight excluding hydrogens is 295 g/mol. The lowest BCUT2D eigenvalue weighted by Crippen LogP contribution is -2.26. The Kier molecular flexibility index (Phi) is 7.97. The Morgan fingerprint density at radius 2 is 1.80 bits per heavy atom. The number of nitrogens with one attached hydrogen (secondary N) is 1. The second kappa shape index (κ2) is 9.22. The molecule has 2 rings (SSSR count). The minimum atomic E-state index is -0.0159. The van der Waals surface area contributed by atoms with Crippen LogP contribution >= 0.6 is 24.0 Å². The lowest BCUT2D eigenvalue weighted by atomic mass is 10.2. The van der Waals surface area contributed by atoms with Gasteiger partial charge in [-0.3, -0.25) is 4.79 Å². The van der Waals surface area contributed by atoms with Crippen molar-refractivity contribution in [3.8, 4) is 0 Å². The summed E-state index contributed by atoms with van der Waals surface area (Å²) in [5.74, 6) is -0.0159. The summed E-state index contributed by atoms with van der Waals surface area (Å²) < 4.78 is 0. The molecule has 1 saturated heterocycles.